The highest BCUT2D eigenvalue weighted by Gasteiger charge is 2.01. The van der Waals surface area contributed by atoms with Crippen molar-refractivity contribution in [2.24, 2.45) is 5.73 Å². The summed E-state index contributed by atoms with van der Waals surface area (Å²) in [5, 5.41) is 0. The molecule has 1 rings (SSSR count). The van der Waals surface area contributed by atoms with Crippen LogP contribution in [0, 0.1) is 0 Å². The molecule has 0 bridgehead atoms. The number of hydrogen-bond acceptors (Lipinski definition) is 3. The summed E-state index contributed by atoms with van der Waals surface area (Å²) < 4.78 is 5.48. The summed E-state index contributed by atoms with van der Waals surface area (Å²) in [4.78, 5) is 12.4. The molecule has 1 aromatic rings. The van der Waals surface area contributed by atoms with E-state index in [0.717, 1.165) is 5.56 Å². The molecule has 0 fully saturated rings. The summed E-state index contributed by atoms with van der Waals surface area (Å²) in [6.45, 7) is 2.17. The minimum Gasteiger partial charge on any atom is -0.375 e. The Bertz CT molecular complexity index is 314. The van der Waals surface area contributed by atoms with Crippen LogP contribution in [0.2, 0.25) is 0 Å². The Morgan fingerprint density at radius 3 is 2.69 bits per heavy atom. The molecule has 0 atom stereocenters. The van der Waals surface area contributed by atoms with Crippen molar-refractivity contribution in [1.82, 2.24) is 4.90 Å². The van der Waals surface area contributed by atoms with Crippen molar-refractivity contribution in [3.05, 3.63) is 35.9 Å². The molecule has 4 nitrogen and oxygen atoms in total. The van der Waals surface area contributed by atoms with Gasteiger partial charge in [-0.15, -0.1) is 0 Å². The van der Waals surface area contributed by atoms with Crippen molar-refractivity contribution < 1.29 is 9.53 Å². The molecule has 88 valence electrons. The van der Waals surface area contributed by atoms with Gasteiger partial charge < -0.3 is 10.5 Å². The molecule has 0 unspecified atom stereocenters. The van der Waals surface area contributed by atoms with Gasteiger partial charge in [-0.2, -0.15) is 0 Å². The zero-order valence-electron chi connectivity index (χ0n) is 9.56. The second-order valence-electron chi connectivity index (χ2n) is 3.74. The molecule has 1 amide bonds. The third kappa shape index (κ3) is 5.48. The van der Waals surface area contributed by atoms with Crippen LogP contribution >= 0.6 is 0 Å². The second kappa shape index (κ2) is 6.98. The number of carbonyl (C=O) groups is 1. The summed E-state index contributed by atoms with van der Waals surface area (Å²) in [6.07, 6.45) is 0. The van der Waals surface area contributed by atoms with E-state index >= 15 is 0 Å². The zero-order valence-corrected chi connectivity index (χ0v) is 9.56. The van der Waals surface area contributed by atoms with Crippen LogP contribution in [-0.4, -0.2) is 37.6 Å². The molecule has 2 N–H and O–H groups in total. The molecule has 0 aromatic heterocycles. The topological polar surface area (TPSA) is 55.6 Å². The number of likely N-dealkylation sites (N-methyl/N-ethyl adjacent to an activating group) is 1. The molecule has 1 aromatic carbocycles. The smallest absolute Gasteiger partial charge is 0.231 e. The highest BCUT2D eigenvalue weighted by atomic mass is 16.5. The van der Waals surface area contributed by atoms with Crippen molar-refractivity contribution in [2.45, 2.75) is 6.61 Å². The van der Waals surface area contributed by atoms with Gasteiger partial charge in [-0.05, 0) is 12.6 Å². The van der Waals surface area contributed by atoms with Gasteiger partial charge in [-0.3, -0.25) is 9.69 Å². The molecule has 4 heteroatoms. The maximum Gasteiger partial charge on any atom is 0.231 e. The van der Waals surface area contributed by atoms with Crippen molar-refractivity contribution in [3.63, 3.8) is 0 Å². The van der Waals surface area contributed by atoms with Crippen molar-refractivity contribution in [1.29, 1.82) is 0 Å². The van der Waals surface area contributed by atoms with Crippen LogP contribution in [0.4, 0.5) is 0 Å². The van der Waals surface area contributed by atoms with Gasteiger partial charge in [0.05, 0.1) is 19.8 Å². The summed E-state index contributed by atoms with van der Waals surface area (Å²) >= 11 is 0. The Kier molecular flexibility index (Phi) is 5.53. The van der Waals surface area contributed by atoms with Crippen LogP contribution in [0.5, 0.6) is 0 Å². The van der Waals surface area contributed by atoms with E-state index in [-0.39, 0.29) is 12.5 Å². The van der Waals surface area contributed by atoms with E-state index in [1.807, 2.05) is 42.3 Å². The number of benzene rings is 1. The van der Waals surface area contributed by atoms with Gasteiger partial charge in [0.2, 0.25) is 5.91 Å². The molecule has 0 saturated heterocycles. The van der Waals surface area contributed by atoms with Gasteiger partial charge in [-0.1, -0.05) is 30.3 Å². The molecular weight excluding hydrogens is 204 g/mol. The van der Waals surface area contributed by atoms with Crippen LogP contribution in [0.1, 0.15) is 5.56 Å². The van der Waals surface area contributed by atoms with E-state index in [1.165, 1.54) is 0 Å². The first-order valence-electron chi connectivity index (χ1n) is 5.27. The first-order valence-corrected chi connectivity index (χ1v) is 5.27. The molecule has 0 aliphatic carbocycles. The molecule has 0 aliphatic heterocycles. The predicted octanol–water partition coefficient (Wildman–Crippen LogP) is 0.620. The fraction of sp³-hybridized carbons (Fsp3) is 0.417. The van der Waals surface area contributed by atoms with Gasteiger partial charge >= 0.3 is 0 Å². The molecular formula is C12H18N2O2. The Morgan fingerprint density at radius 2 is 2.06 bits per heavy atom. The van der Waals surface area contributed by atoms with Gasteiger partial charge in [0, 0.05) is 6.54 Å². The fourth-order valence-corrected chi connectivity index (χ4v) is 1.33. The average molecular weight is 222 g/mol. The lowest BCUT2D eigenvalue weighted by atomic mass is 10.2. The number of amides is 1. The average Bonchev–Trinajstić information content (AvgIpc) is 2.25. The maximum atomic E-state index is 10.6. The lowest BCUT2D eigenvalue weighted by Gasteiger charge is -2.14. The summed E-state index contributed by atoms with van der Waals surface area (Å²) in [5.41, 5.74) is 6.22. The monoisotopic (exact) mass is 222 g/mol. The Labute approximate surface area is 96.0 Å². The third-order valence-corrected chi connectivity index (χ3v) is 2.15. The van der Waals surface area contributed by atoms with Gasteiger partial charge in [0.15, 0.2) is 0 Å². The summed E-state index contributed by atoms with van der Waals surface area (Å²) in [5.74, 6) is -0.314. The number of nitrogens with two attached hydrogens (primary N) is 1. The summed E-state index contributed by atoms with van der Waals surface area (Å²) in [6, 6.07) is 9.99. The Balaban J connectivity index is 2.10. The molecule has 0 spiro atoms. The predicted molar refractivity (Wildman–Crippen MR) is 62.8 cm³/mol. The van der Waals surface area contributed by atoms with Crippen LogP contribution in [0.15, 0.2) is 30.3 Å². The fourth-order valence-electron chi connectivity index (χ4n) is 1.33. The molecule has 0 aliphatic rings. The number of nitrogens with zero attached hydrogens (tertiary/aromatic N) is 1. The number of primary amides is 1. The highest BCUT2D eigenvalue weighted by Crippen LogP contribution is 2.00. The van der Waals surface area contributed by atoms with Gasteiger partial charge in [-0.25, -0.2) is 0 Å². The van der Waals surface area contributed by atoms with Crippen LogP contribution < -0.4 is 5.73 Å². The van der Waals surface area contributed by atoms with Crippen molar-refractivity contribution >= 4 is 5.91 Å². The van der Waals surface area contributed by atoms with Crippen LogP contribution in [0.3, 0.4) is 0 Å². The highest BCUT2D eigenvalue weighted by molar-refractivity contribution is 5.75. The van der Waals surface area contributed by atoms with E-state index in [9.17, 15) is 4.79 Å². The molecule has 0 heterocycles. The minimum absolute atomic E-state index is 0.273. The number of carbonyl (C=O) groups excluding carboxylic acids is 1. The van der Waals surface area contributed by atoms with E-state index in [0.29, 0.717) is 19.8 Å². The van der Waals surface area contributed by atoms with E-state index in [2.05, 4.69) is 0 Å². The standard InChI is InChI=1S/C12H18N2O2/c1-14(9-12(13)15)7-8-16-10-11-5-3-2-4-6-11/h2-6H,7-10H2,1H3,(H2,13,15). The van der Waals surface area contributed by atoms with Gasteiger partial charge in [0.25, 0.3) is 0 Å². The largest absolute Gasteiger partial charge is 0.375 e. The van der Waals surface area contributed by atoms with E-state index in [4.69, 9.17) is 10.5 Å². The maximum absolute atomic E-state index is 10.6. The normalized spacial score (nSPS) is 10.6. The molecule has 0 radical (unpaired) electrons. The summed E-state index contributed by atoms with van der Waals surface area (Å²) in [7, 11) is 1.84. The third-order valence-electron chi connectivity index (χ3n) is 2.15. The number of rotatable bonds is 7. The first kappa shape index (κ1) is 12.7. The zero-order chi connectivity index (χ0) is 11.8. The number of ether oxygens (including phenoxy) is 1. The van der Waals surface area contributed by atoms with Crippen molar-refractivity contribution in [3.8, 4) is 0 Å². The molecule has 0 saturated carbocycles. The quantitative estimate of drug-likeness (QED) is 0.688. The molecule has 16 heavy (non-hydrogen) atoms. The second-order valence-corrected chi connectivity index (χ2v) is 3.74. The van der Waals surface area contributed by atoms with Gasteiger partial charge in [0.1, 0.15) is 0 Å². The van der Waals surface area contributed by atoms with E-state index in [1.54, 1.807) is 0 Å². The van der Waals surface area contributed by atoms with Crippen LogP contribution in [0.25, 0.3) is 0 Å². The van der Waals surface area contributed by atoms with Crippen LogP contribution in [-0.2, 0) is 16.1 Å². The Morgan fingerprint density at radius 1 is 1.38 bits per heavy atom. The number of hydrogen-bond donors (Lipinski definition) is 1. The minimum atomic E-state index is -0.314. The first-order chi connectivity index (χ1) is 7.68. The lowest BCUT2D eigenvalue weighted by molar-refractivity contribution is -0.119. The SMILES string of the molecule is CN(CCOCc1ccccc1)CC(N)=O. The van der Waals surface area contributed by atoms with Crippen molar-refractivity contribution in [2.75, 3.05) is 26.7 Å². The lowest BCUT2D eigenvalue weighted by Crippen LogP contribution is -2.32. The Hall–Kier alpha value is -1.39. The van der Waals surface area contributed by atoms with E-state index < -0.39 is 0 Å².